The molecule has 0 aromatic heterocycles. The minimum atomic E-state index is -4.64. The van der Waals surface area contributed by atoms with Gasteiger partial charge in [-0.05, 0) is 12.8 Å². The van der Waals surface area contributed by atoms with Gasteiger partial charge in [-0.15, -0.1) is 0 Å². The molecule has 0 unspecified atom stereocenters. The largest absolute Gasteiger partial charge is 0.465 e. The molecule has 3 N–H and O–H groups in total. The number of nitrogens with zero attached hydrogens (tertiary/aromatic N) is 1. The summed E-state index contributed by atoms with van der Waals surface area (Å²) in [5, 5.41) is 8.55. The molecule has 2 rings (SSSR count). The van der Waals surface area contributed by atoms with Crippen LogP contribution < -0.4 is 10.9 Å². The first-order valence-electron chi connectivity index (χ1n) is 5.82. The molecular weight excluding hydrogens is 283 g/mol. The first kappa shape index (κ1) is 14.4. The van der Waals surface area contributed by atoms with Crippen LogP contribution in [0.15, 0.2) is 0 Å². The highest BCUT2D eigenvalue weighted by Crippen LogP contribution is 2.57. The lowest BCUT2D eigenvalue weighted by molar-refractivity contribution is -0.193. The van der Waals surface area contributed by atoms with Crippen molar-refractivity contribution < 1.29 is 32.7 Å². The predicted molar refractivity (Wildman–Crippen MR) is 57.1 cm³/mol. The summed E-state index contributed by atoms with van der Waals surface area (Å²) in [6.45, 7) is -0.0805. The van der Waals surface area contributed by atoms with E-state index < -0.39 is 35.4 Å². The van der Waals surface area contributed by atoms with Crippen molar-refractivity contribution in [3.05, 3.63) is 0 Å². The third-order valence-corrected chi connectivity index (χ3v) is 3.55. The Morgan fingerprint density at radius 2 is 1.70 bits per heavy atom. The van der Waals surface area contributed by atoms with E-state index in [1.807, 2.05) is 5.43 Å². The average Bonchev–Trinajstić information content (AvgIpc) is 3.02. The van der Waals surface area contributed by atoms with Crippen molar-refractivity contribution in [1.29, 1.82) is 0 Å². The fourth-order valence-electron chi connectivity index (χ4n) is 1.90. The van der Waals surface area contributed by atoms with Gasteiger partial charge < -0.3 is 10.0 Å². The molecule has 1 heterocycles. The molecule has 2 aliphatic rings. The van der Waals surface area contributed by atoms with Gasteiger partial charge in [-0.3, -0.25) is 20.4 Å². The van der Waals surface area contributed by atoms with Crippen LogP contribution in [0.2, 0.25) is 0 Å². The summed E-state index contributed by atoms with van der Waals surface area (Å²) in [6, 6.07) is 0. The Morgan fingerprint density at radius 3 is 2.10 bits per heavy atom. The predicted octanol–water partition coefficient (Wildman–Crippen LogP) is 0.0861. The van der Waals surface area contributed by atoms with Crippen LogP contribution in [0.4, 0.5) is 18.0 Å². The van der Waals surface area contributed by atoms with Crippen LogP contribution in [-0.4, -0.2) is 47.2 Å². The molecule has 0 radical (unpaired) electrons. The van der Waals surface area contributed by atoms with Crippen molar-refractivity contribution in [1.82, 2.24) is 15.8 Å². The minimum absolute atomic E-state index is 0.0402. The van der Waals surface area contributed by atoms with Gasteiger partial charge in [0, 0.05) is 13.1 Å². The molecule has 0 spiro atoms. The Morgan fingerprint density at radius 1 is 1.15 bits per heavy atom. The molecule has 0 atom stereocenters. The SMILES string of the molecule is O=C(NNC(=O)C1(C(F)(F)F)CC1)C1CN(C(=O)O)C1. The lowest BCUT2D eigenvalue weighted by Crippen LogP contribution is -2.58. The molecule has 20 heavy (non-hydrogen) atoms. The summed E-state index contributed by atoms with van der Waals surface area (Å²) in [4.78, 5) is 34.3. The number of likely N-dealkylation sites (tertiary alicyclic amines) is 1. The van der Waals surface area contributed by atoms with Crippen molar-refractivity contribution >= 4 is 17.9 Å². The number of carbonyl (C=O) groups excluding carboxylic acids is 2. The number of carboxylic acid groups (broad SMARTS) is 1. The summed E-state index contributed by atoms with van der Waals surface area (Å²) >= 11 is 0. The van der Waals surface area contributed by atoms with Crippen LogP contribution >= 0.6 is 0 Å². The molecule has 10 heteroatoms. The Labute approximate surface area is 111 Å². The maximum absolute atomic E-state index is 12.6. The first-order chi connectivity index (χ1) is 9.17. The molecule has 1 saturated carbocycles. The zero-order valence-corrected chi connectivity index (χ0v) is 10.2. The lowest BCUT2D eigenvalue weighted by atomic mass is 10.0. The fourth-order valence-corrected chi connectivity index (χ4v) is 1.90. The second-order valence-corrected chi connectivity index (χ2v) is 4.91. The van der Waals surface area contributed by atoms with Gasteiger partial charge in [-0.25, -0.2) is 4.79 Å². The Kier molecular flexibility index (Phi) is 3.26. The van der Waals surface area contributed by atoms with Crippen LogP contribution in [-0.2, 0) is 9.59 Å². The molecule has 112 valence electrons. The molecule has 0 aromatic rings. The molecule has 7 nitrogen and oxygen atoms in total. The van der Waals surface area contributed by atoms with Crippen LogP contribution in [0.3, 0.4) is 0 Å². The Bertz CT molecular complexity index is 455. The maximum atomic E-state index is 12.6. The normalized spacial score (nSPS) is 20.9. The summed E-state index contributed by atoms with van der Waals surface area (Å²) in [5.74, 6) is -2.64. The van der Waals surface area contributed by atoms with E-state index in [0.29, 0.717) is 0 Å². The Balaban J connectivity index is 1.78. The molecule has 1 saturated heterocycles. The zero-order chi connectivity index (χ0) is 15.1. The third-order valence-electron chi connectivity index (χ3n) is 3.55. The monoisotopic (exact) mass is 295 g/mol. The number of hydrogen-bond donors (Lipinski definition) is 3. The quantitative estimate of drug-likeness (QED) is 0.629. The summed E-state index contributed by atoms with van der Waals surface area (Å²) in [7, 11) is 0. The number of halogens is 3. The molecule has 3 amide bonds. The number of hydrogen-bond acceptors (Lipinski definition) is 3. The second-order valence-electron chi connectivity index (χ2n) is 4.91. The van der Waals surface area contributed by atoms with E-state index in [1.54, 1.807) is 5.43 Å². The topological polar surface area (TPSA) is 98.7 Å². The van der Waals surface area contributed by atoms with E-state index in [9.17, 15) is 27.6 Å². The summed E-state index contributed by atoms with van der Waals surface area (Å²) < 4.78 is 37.8. The fraction of sp³-hybridized carbons (Fsp3) is 0.700. The highest BCUT2D eigenvalue weighted by atomic mass is 19.4. The number of amides is 3. The van der Waals surface area contributed by atoms with E-state index >= 15 is 0 Å². The number of rotatable bonds is 2. The molecule has 1 aliphatic heterocycles. The second kappa shape index (κ2) is 4.53. The lowest BCUT2D eigenvalue weighted by Gasteiger charge is -2.35. The zero-order valence-electron chi connectivity index (χ0n) is 10.2. The van der Waals surface area contributed by atoms with E-state index in [1.165, 1.54) is 0 Å². The van der Waals surface area contributed by atoms with Gasteiger partial charge in [-0.2, -0.15) is 13.2 Å². The number of carbonyl (C=O) groups is 3. The highest BCUT2D eigenvalue weighted by molar-refractivity contribution is 5.89. The summed E-state index contributed by atoms with van der Waals surface area (Å²) in [6.07, 6.45) is -6.41. The smallest absolute Gasteiger partial charge is 0.407 e. The number of hydrazine groups is 1. The standard InChI is InChI=1S/C10H12F3N3O4/c11-10(12,13)9(1-2-9)7(18)15-14-6(17)5-3-16(4-5)8(19)20/h5H,1-4H2,(H,14,17)(H,15,18)(H,19,20). The molecular formula is C10H12F3N3O4. The van der Waals surface area contributed by atoms with E-state index in [-0.39, 0.29) is 25.9 Å². The van der Waals surface area contributed by atoms with Gasteiger partial charge >= 0.3 is 12.3 Å². The van der Waals surface area contributed by atoms with Crippen LogP contribution in [0.1, 0.15) is 12.8 Å². The number of alkyl halides is 3. The van der Waals surface area contributed by atoms with Gasteiger partial charge in [0.1, 0.15) is 5.41 Å². The van der Waals surface area contributed by atoms with Gasteiger partial charge in [0.2, 0.25) is 5.91 Å². The molecule has 0 bridgehead atoms. The van der Waals surface area contributed by atoms with Crippen LogP contribution in [0, 0.1) is 11.3 Å². The van der Waals surface area contributed by atoms with Crippen molar-refractivity contribution in [3.63, 3.8) is 0 Å². The van der Waals surface area contributed by atoms with Gasteiger partial charge in [0.05, 0.1) is 5.92 Å². The van der Waals surface area contributed by atoms with E-state index in [4.69, 9.17) is 5.11 Å². The van der Waals surface area contributed by atoms with Gasteiger partial charge in [-0.1, -0.05) is 0 Å². The molecule has 1 aliphatic carbocycles. The average molecular weight is 295 g/mol. The number of nitrogens with one attached hydrogen (secondary N) is 2. The van der Waals surface area contributed by atoms with Gasteiger partial charge in [0.15, 0.2) is 0 Å². The highest BCUT2D eigenvalue weighted by Gasteiger charge is 2.68. The minimum Gasteiger partial charge on any atom is -0.465 e. The molecule has 0 aromatic carbocycles. The summed E-state index contributed by atoms with van der Waals surface area (Å²) in [5.41, 5.74) is 1.27. The van der Waals surface area contributed by atoms with E-state index in [2.05, 4.69) is 0 Å². The molecule has 2 fully saturated rings. The van der Waals surface area contributed by atoms with Crippen molar-refractivity contribution in [3.8, 4) is 0 Å². The third kappa shape index (κ3) is 2.37. The van der Waals surface area contributed by atoms with Crippen molar-refractivity contribution in [2.75, 3.05) is 13.1 Å². The maximum Gasteiger partial charge on any atom is 0.407 e. The van der Waals surface area contributed by atoms with E-state index in [0.717, 1.165) is 4.90 Å². The van der Waals surface area contributed by atoms with Crippen molar-refractivity contribution in [2.24, 2.45) is 11.3 Å². The Hall–Kier alpha value is -2.00. The van der Waals surface area contributed by atoms with Crippen molar-refractivity contribution in [2.45, 2.75) is 19.0 Å². The van der Waals surface area contributed by atoms with Crippen LogP contribution in [0.25, 0.3) is 0 Å². The van der Waals surface area contributed by atoms with Crippen LogP contribution in [0.5, 0.6) is 0 Å². The first-order valence-corrected chi connectivity index (χ1v) is 5.82. The van der Waals surface area contributed by atoms with Gasteiger partial charge in [0.25, 0.3) is 5.91 Å².